The number of halogens is 1. The lowest BCUT2D eigenvalue weighted by Gasteiger charge is -2.38. The number of benzene rings is 1. The molecule has 2 atom stereocenters. The number of phenols is 1. The molecule has 2 N–H and O–H groups in total. The third-order valence-electron chi connectivity index (χ3n) is 2.84. The highest BCUT2D eigenvalue weighted by molar-refractivity contribution is 5.85. The standard InChI is InChI=1S/C12H17NO2.ClH/c1-9-7-13-12(2,15-8-9)10-4-3-5-11(14)6-10;/h3-6,9,13-14H,7-8H2,1-2H3;1H. The molecule has 1 saturated heterocycles. The van der Waals surface area contributed by atoms with Gasteiger partial charge in [-0.1, -0.05) is 19.1 Å². The van der Waals surface area contributed by atoms with Crippen molar-refractivity contribution in [1.82, 2.24) is 5.32 Å². The minimum atomic E-state index is -0.467. The molecule has 0 radical (unpaired) electrons. The van der Waals surface area contributed by atoms with Crippen molar-refractivity contribution < 1.29 is 9.84 Å². The number of hydrogen-bond donors (Lipinski definition) is 2. The van der Waals surface area contributed by atoms with E-state index >= 15 is 0 Å². The van der Waals surface area contributed by atoms with E-state index in [1.807, 2.05) is 19.1 Å². The summed E-state index contributed by atoms with van der Waals surface area (Å²) in [6, 6.07) is 7.20. The van der Waals surface area contributed by atoms with E-state index in [9.17, 15) is 5.11 Å². The van der Waals surface area contributed by atoms with Gasteiger partial charge in [0.1, 0.15) is 11.5 Å². The molecule has 1 fully saturated rings. The van der Waals surface area contributed by atoms with E-state index in [2.05, 4.69) is 12.2 Å². The lowest BCUT2D eigenvalue weighted by atomic mass is 10.0. The average molecular weight is 244 g/mol. The van der Waals surface area contributed by atoms with Gasteiger partial charge in [-0.25, -0.2) is 0 Å². The van der Waals surface area contributed by atoms with Crippen LogP contribution in [0.1, 0.15) is 19.4 Å². The number of aromatic hydroxyl groups is 1. The Morgan fingerprint density at radius 3 is 2.81 bits per heavy atom. The second-order valence-electron chi connectivity index (χ2n) is 4.38. The minimum Gasteiger partial charge on any atom is -0.508 e. The molecular formula is C12H18ClNO2. The number of ether oxygens (including phenoxy) is 1. The molecule has 0 aromatic heterocycles. The Hall–Kier alpha value is -0.770. The molecular weight excluding hydrogens is 226 g/mol. The molecule has 3 nitrogen and oxygen atoms in total. The molecule has 1 heterocycles. The SMILES string of the molecule is CC1CNC(C)(c2cccc(O)c2)OC1.Cl. The maximum Gasteiger partial charge on any atom is 0.142 e. The van der Waals surface area contributed by atoms with E-state index in [4.69, 9.17) is 4.74 Å². The molecule has 0 saturated carbocycles. The fourth-order valence-corrected chi connectivity index (χ4v) is 1.78. The molecule has 0 bridgehead atoms. The average Bonchev–Trinajstić information content (AvgIpc) is 2.23. The van der Waals surface area contributed by atoms with Crippen molar-refractivity contribution >= 4 is 12.4 Å². The van der Waals surface area contributed by atoms with E-state index in [0.29, 0.717) is 5.92 Å². The normalized spacial score (nSPS) is 29.5. The molecule has 0 aliphatic carbocycles. The predicted molar refractivity (Wildman–Crippen MR) is 65.8 cm³/mol. The van der Waals surface area contributed by atoms with Gasteiger partial charge >= 0.3 is 0 Å². The summed E-state index contributed by atoms with van der Waals surface area (Å²) >= 11 is 0. The van der Waals surface area contributed by atoms with E-state index in [1.165, 1.54) is 0 Å². The summed E-state index contributed by atoms with van der Waals surface area (Å²) in [6.07, 6.45) is 0. The summed E-state index contributed by atoms with van der Waals surface area (Å²) < 4.78 is 5.80. The summed E-state index contributed by atoms with van der Waals surface area (Å²) in [7, 11) is 0. The zero-order chi connectivity index (χ0) is 10.9. The van der Waals surface area contributed by atoms with Crippen LogP contribution in [-0.2, 0) is 10.5 Å². The van der Waals surface area contributed by atoms with Gasteiger partial charge in [0.2, 0.25) is 0 Å². The van der Waals surface area contributed by atoms with Crippen molar-refractivity contribution in [2.24, 2.45) is 5.92 Å². The predicted octanol–water partition coefficient (Wildman–Crippen LogP) is 2.24. The summed E-state index contributed by atoms with van der Waals surface area (Å²) in [5.74, 6) is 0.813. The van der Waals surface area contributed by atoms with Crippen molar-refractivity contribution in [3.63, 3.8) is 0 Å². The topological polar surface area (TPSA) is 41.5 Å². The molecule has 0 amide bonds. The van der Waals surface area contributed by atoms with Gasteiger partial charge in [0.15, 0.2) is 0 Å². The highest BCUT2D eigenvalue weighted by Crippen LogP contribution is 2.28. The van der Waals surface area contributed by atoms with Crippen LogP contribution in [0.15, 0.2) is 24.3 Å². The fraction of sp³-hybridized carbons (Fsp3) is 0.500. The number of rotatable bonds is 1. The van der Waals surface area contributed by atoms with Crippen LogP contribution in [0.4, 0.5) is 0 Å². The maximum absolute atomic E-state index is 9.43. The largest absolute Gasteiger partial charge is 0.508 e. The third-order valence-corrected chi connectivity index (χ3v) is 2.84. The summed E-state index contributed by atoms with van der Waals surface area (Å²) in [6.45, 7) is 5.83. The molecule has 1 aliphatic heterocycles. The highest BCUT2D eigenvalue weighted by atomic mass is 35.5. The quantitative estimate of drug-likeness (QED) is 0.795. The Bertz CT molecular complexity index is 349. The molecule has 0 spiro atoms. The second-order valence-corrected chi connectivity index (χ2v) is 4.38. The Balaban J connectivity index is 0.00000128. The van der Waals surface area contributed by atoms with Gasteiger partial charge in [0, 0.05) is 12.1 Å². The van der Waals surface area contributed by atoms with Crippen molar-refractivity contribution in [1.29, 1.82) is 0 Å². The van der Waals surface area contributed by atoms with Crippen LogP contribution in [0.3, 0.4) is 0 Å². The highest BCUT2D eigenvalue weighted by Gasteiger charge is 2.31. The monoisotopic (exact) mass is 243 g/mol. The van der Waals surface area contributed by atoms with Crippen molar-refractivity contribution in [3.05, 3.63) is 29.8 Å². The zero-order valence-corrected chi connectivity index (χ0v) is 10.4. The smallest absolute Gasteiger partial charge is 0.142 e. The lowest BCUT2D eigenvalue weighted by molar-refractivity contribution is -0.106. The Morgan fingerprint density at radius 1 is 1.50 bits per heavy atom. The van der Waals surface area contributed by atoms with Gasteiger partial charge in [-0.05, 0) is 25.0 Å². The van der Waals surface area contributed by atoms with Crippen LogP contribution in [0, 0.1) is 5.92 Å². The van der Waals surface area contributed by atoms with Crippen LogP contribution in [-0.4, -0.2) is 18.3 Å². The molecule has 2 unspecified atom stereocenters. The van der Waals surface area contributed by atoms with Crippen molar-refractivity contribution in [2.75, 3.05) is 13.2 Å². The van der Waals surface area contributed by atoms with Crippen molar-refractivity contribution in [2.45, 2.75) is 19.6 Å². The first-order valence-corrected chi connectivity index (χ1v) is 5.29. The lowest BCUT2D eigenvalue weighted by Crippen LogP contribution is -2.49. The summed E-state index contributed by atoms with van der Waals surface area (Å²) in [4.78, 5) is 0. The fourth-order valence-electron chi connectivity index (χ4n) is 1.78. The Labute approximate surface area is 102 Å². The summed E-state index contributed by atoms with van der Waals surface area (Å²) in [5, 5.41) is 12.8. The Morgan fingerprint density at radius 2 is 2.25 bits per heavy atom. The number of phenolic OH excluding ortho intramolecular Hbond substituents is 1. The molecule has 16 heavy (non-hydrogen) atoms. The maximum atomic E-state index is 9.43. The first-order valence-electron chi connectivity index (χ1n) is 5.29. The van der Waals surface area contributed by atoms with Gasteiger partial charge in [-0.15, -0.1) is 12.4 Å². The first-order chi connectivity index (χ1) is 7.10. The van der Waals surface area contributed by atoms with Crippen LogP contribution in [0.25, 0.3) is 0 Å². The molecule has 1 aromatic rings. The number of nitrogens with one attached hydrogen (secondary N) is 1. The first kappa shape index (κ1) is 13.3. The van der Waals surface area contributed by atoms with E-state index in [1.54, 1.807) is 12.1 Å². The summed E-state index contributed by atoms with van der Waals surface area (Å²) in [5.41, 5.74) is 0.500. The van der Waals surface area contributed by atoms with E-state index in [-0.39, 0.29) is 18.2 Å². The van der Waals surface area contributed by atoms with E-state index < -0.39 is 5.72 Å². The Kier molecular flexibility index (Phi) is 4.19. The van der Waals surface area contributed by atoms with Gasteiger partial charge < -0.3 is 9.84 Å². The van der Waals surface area contributed by atoms with Gasteiger partial charge in [0.05, 0.1) is 6.61 Å². The number of hydrogen-bond acceptors (Lipinski definition) is 3. The van der Waals surface area contributed by atoms with Crippen LogP contribution in [0.5, 0.6) is 5.75 Å². The zero-order valence-electron chi connectivity index (χ0n) is 9.56. The third kappa shape index (κ3) is 2.67. The van der Waals surface area contributed by atoms with Gasteiger partial charge in [-0.2, -0.15) is 0 Å². The van der Waals surface area contributed by atoms with Crippen molar-refractivity contribution in [3.8, 4) is 5.75 Å². The van der Waals surface area contributed by atoms with Gasteiger partial charge in [-0.3, -0.25) is 5.32 Å². The van der Waals surface area contributed by atoms with E-state index in [0.717, 1.165) is 18.7 Å². The molecule has 90 valence electrons. The minimum absolute atomic E-state index is 0. The molecule has 2 rings (SSSR count). The van der Waals surface area contributed by atoms with Crippen LogP contribution >= 0.6 is 12.4 Å². The van der Waals surface area contributed by atoms with Crippen LogP contribution < -0.4 is 5.32 Å². The second kappa shape index (κ2) is 5.04. The van der Waals surface area contributed by atoms with Crippen LogP contribution in [0.2, 0.25) is 0 Å². The molecule has 1 aromatic carbocycles. The molecule has 4 heteroatoms. The van der Waals surface area contributed by atoms with Gasteiger partial charge in [0.25, 0.3) is 0 Å². The molecule has 1 aliphatic rings.